The molecule has 0 spiro atoms. The molecule has 0 unspecified atom stereocenters. The van der Waals surface area contributed by atoms with Crippen LogP contribution in [-0.2, 0) is 0 Å². The monoisotopic (exact) mass is 375 g/mol. The number of carbonyl (C=O) groups is 2. The normalized spacial score (nSPS) is 10.2. The Labute approximate surface area is 163 Å². The van der Waals surface area contributed by atoms with Gasteiger partial charge in [-0.25, -0.2) is 0 Å². The largest absolute Gasteiger partial charge is 0.492 e. The Morgan fingerprint density at radius 3 is 2.50 bits per heavy atom. The highest BCUT2D eigenvalue weighted by Crippen LogP contribution is 2.24. The Bertz CT molecular complexity index is 974. The molecule has 0 aliphatic rings. The third-order valence-corrected chi connectivity index (χ3v) is 4.12. The average molecular weight is 375 g/mol. The lowest BCUT2D eigenvalue weighted by Gasteiger charge is -2.17. The number of rotatable bonds is 6. The summed E-state index contributed by atoms with van der Waals surface area (Å²) in [6, 6.07) is 19.5. The van der Waals surface area contributed by atoms with Crippen LogP contribution in [0.5, 0.6) is 5.75 Å². The number of hydrogen-bond acceptors (Lipinski definition) is 4. The van der Waals surface area contributed by atoms with Gasteiger partial charge in [0.15, 0.2) is 0 Å². The van der Waals surface area contributed by atoms with E-state index in [0.29, 0.717) is 23.6 Å². The molecule has 6 heteroatoms. The fraction of sp³-hybridized carbons (Fsp3) is 0.136. The van der Waals surface area contributed by atoms with Crippen molar-refractivity contribution in [2.24, 2.45) is 0 Å². The molecule has 1 aromatic heterocycles. The second kappa shape index (κ2) is 8.81. The first-order valence-electron chi connectivity index (χ1n) is 8.92. The minimum atomic E-state index is -0.342. The lowest BCUT2D eigenvalue weighted by molar-refractivity contribution is 0.0988. The zero-order valence-electron chi connectivity index (χ0n) is 15.8. The van der Waals surface area contributed by atoms with E-state index < -0.39 is 0 Å². The van der Waals surface area contributed by atoms with Gasteiger partial charge in [0.1, 0.15) is 11.4 Å². The second-order valence-corrected chi connectivity index (χ2v) is 6.01. The zero-order valence-corrected chi connectivity index (χ0v) is 15.8. The third kappa shape index (κ3) is 4.35. The van der Waals surface area contributed by atoms with E-state index in [2.05, 4.69) is 10.3 Å². The van der Waals surface area contributed by atoms with Crippen molar-refractivity contribution >= 4 is 23.2 Å². The molecular weight excluding hydrogens is 354 g/mol. The topological polar surface area (TPSA) is 71.5 Å². The van der Waals surface area contributed by atoms with Gasteiger partial charge in [0.25, 0.3) is 11.8 Å². The molecule has 1 N–H and O–H groups in total. The average Bonchev–Trinajstić information content (AvgIpc) is 2.75. The molecule has 3 rings (SSSR count). The number of para-hydroxylation sites is 3. The molecule has 0 saturated heterocycles. The van der Waals surface area contributed by atoms with Gasteiger partial charge in [-0.15, -0.1) is 0 Å². The van der Waals surface area contributed by atoms with Crippen molar-refractivity contribution in [2.75, 3.05) is 23.9 Å². The van der Waals surface area contributed by atoms with Crippen LogP contribution in [0.1, 0.15) is 27.8 Å². The highest BCUT2D eigenvalue weighted by Gasteiger charge is 2.17. The molecule has 1 heterocycles. The van der Waals surface area contributed by atoms with Gasteiger partial charge in [0.05, 0.1) is 12.3 Å². The predicted octanol–water partition coefficient (Wildman–Crippen LogP) is 4.01. The van der Waals surface area contributed by atoms with E-state index in [1.165, 1.54) is 17.2 Å². The fourth-order valence-corrected chi connectivity index (χ4v) is 2.68. The summed E-state index contributed by atoms with van der Waals surface area (Å²) in [4.78, 5) is 31.0. The van der Waals surface area contributed by atoms with E-state index in [1.54, 1.807) is 25.2 Å². The number of aromatic nitrogens is 1. The molecule has 0 saturated carbocycles. The quantitative estimate of drug-likeness (QED) is 0.707. The number of amides is 2. The van der Waals surface area contributed by atoms with Gasteiger partial charge in [-0.3, -0.25) is 14.6 Å². The molecule has 0 aliphatic heterocycles. The molecule has 2 amide bonds. The van der Waals surface area contributed by atoms with Gasteiger partial charge in [-0.2, -0.15) is 0 Å². The maximum Gasteiger partial charge on any atom is 0.276 e. The second-order valence-electron chi connectivity index (χ2n) is 6.01. The van der Waals surface area contributed by atoms with Crippen molar-refractivity contribution in [1.82, 2.24) is 4.98 Å². The Morgan fingerprint density at radius 1 is 1.04 bits per heavy atom. The van der Waals surface area contributed by atoms with E-state index in [9.17, 15) is 9.59 Å². The number of pyridine rings is 1. The molecule has 0 atom stereocenters. The Balaban J connectivity index is 1.79. The molecule has 3 aromatic rings. The Morgan fingerprint density at radius 2 is 1.75 bits per heavy atom. The van der Waals surface area contributed by atoms with Gasteiger partial charge in [0.2, 0.25) is 0 Å². The van der Waals surface area contributed by atoms with Crippen LogP contribution >= 0.6 is 0 Å². The fourth-order valence-electron chi connectivity index (χ4n) is 2.68. The van der Waals surface area contributed by atoms with Crippen molar-refractivity contribution in [3.05, 3.63) is 84.2 Å². The summed E-state index contributed by atoms with van der Waals surface area (Å²) in [6.07, 6.45) is 1.45. The number of hydrogen-bond donors (Lipinski definition) is 1. The zero-order chi connectivity index (χ0) is 19.9. The van der Waals surface area contributed by atoms with Crippen LogP contribution in [-0.4, -0.2) is 30.5 Å². The molecule has 142 valence electrons. The van der Waals surface area contributed by atoms with Crippen molar-refractivity contribution in [3.63, 3.8) is 0 Å². The molecule has 0 fully saturated rings. The van der Waals surface area contributed by atoms with Crippen LogP contribution in [0.3, 0.4) is 0 Å². The number of benzene rings is 2. The maximum atomic E-state index is 12.7. The third-order valence-electron chi connectivity index (χ3n) is 4.12. The van der Waals surface area contributed by atoms with Gasteiger partial charge in [-0.05, 0) is 43.3 Å². The standard InChI is InChI=1S/C22H21N3O3/c1-3-28-20-12-8-7-11-18(20)24-21(26)16-13-14-23-19(15-16)22(27)25(2)17-9-5-4-6-10-17/h4-15H,3H2,1-2H3,(H,24,26). The molecule has 28 heavy (non-hydrogen) atoms. The SMILES string of the molecule is CCOc1ccccc1NC(=O)c1ccnc(C(=O)N(C)c2ccccc2)c1. The van der Waals surface area contributed by atoms with E-state index in [0.717, 1.165) is 5.69 Å². The highest BCUT2D eigenvalue weighted by atomic mass is 16.5. The van der Waals surface area contributed by atoms with Crippen LogP contribution in [0.15, 0.2) is 72.9 Å². The van der Waals surface area contributed by atoms with Crippen molar-refractivity contribution in [1.29, 1.82) is 0 Å². The first kappa shape index (κ1) is 19.1. The van der Waals surface area contributed by atoms with Crippen LogP contribution in [0, 0.1) is 0 Å². The number of nitrogens with one attached hydrogen (secondary N) is 1. The first-order valence-corrected chi connectivity index (χ1v) is 8.92. The maximum absolute atomic E-state index is 12.7. The smallest absolute Gasteiger partial charge is 0.276 e. The van der Waals surface area contributed by atoms with E-state index in [-0.39, 0.29) is 17.5 Å². The number of ether oxygens (including phenoxy) is 1. The van der Waals surface area contributed by atoms with Gasteiger partial charge < -0.3 is 15.0 Å². The summed E-state index contributed by atoms with van der Waals surface area (Å²) < 4.78 is 5.53. The summed E-state index contributed by atoms with van der Waals surface area (Å²) in [5.74, 6) is -0.0472. The predicted molar refractivity (Wildman–Crippen MR) is 109 cm³/mol. The number of carbonyl (C=O) groups excluding carboxylic acids is 2. The summed E-state index contributed by atoms with van der Waals surface area (Å²) in [6.45, 7) is 2.37. The van der Waals surface area contributed by atoms with Crippen LogP contribution in [0.4, 0.5) is 11.4 Å². The van der Waals surface area contributed by atoms with E-state index in [1.807, 2.05) is 49.4 Å². The molecule has 0 bridgehead atoms. The summed E-state index contributed by atoms with van der Waals surface area (Å²) in [5, 5.41) is 2.82. The minimum Gasteiger partial charge on any atom is -0.492 e. The number of nitrogens with zero attached hydrogens (tertiary/aromatic N) is 2. The molecule has 6 nitrogen and oxygen atoms in total. The summed E-state index contributed by atoms with van der Waals surface area (Å²) in [7, 11) is 1.67. The molecule has 2 aromatic carbocycles. The number of anilines is 2. The van der Waals surface area contributed by atoms with Gasteiger partial charge in [-0.1, -0.05) is 30.3 Å². The summed E-state index contributed by atoms with van der Waals surface area (Å²) >= 11 is 0. The van der Waals surface area contributed by atoms with Gasteiger partial charge in [0, 0.05) is 24.5 Å². The minimum absolute atomic E-state index is 0.192. The van der Waals surface area contributed by atoms with Crippen molar-refractivity contribution < 1.29 is 14.3 Å². The van der Waals surface area contributed by atoms with E-state index in [4.69, 9.17) is 4.74 Å². The van der Waals surface area contributed by atoms with Crippen LogP contribution < -0.4 is 15.0 Å². The summed E-state index contributed by atoms with van der Waals surface area (Å²) in [5.41, 5.74) is 1.85. The van der Waals surface area contributed by atoms with Crippen molar-refractivity contribution in [2.45, 2.75) is 6.92 Å². The Hall–Kier alpha value is -3.67. The lowest BCUT2D eigenvalue weighted by Crippen LogP contribution is -2.27. The molecule has 0 radical (unpaired) electrons. The Kier molecular flexibility index (Phi) is 6.01. The first-order chi connectivity index (χ1) is 13.6. The lowest BCUT2D eigenvalue weighted by atomic mass is 10.2. The van der Waals surface area contributed by atoms with Gasteiger partial charge >= 0.3 is 0 Å². The van der Waals surface area contributed by atoms with Crippen LogP contribution in [0.2, 0.25) is 0 Å². The highest BCUT2D eigenvalue weighted by molar-refractivity contribution is 6.08. The molecule has 0 aliphatic carbocycles. The van der Waals surface area contributed by atoms with Crippen LogP contribution in [0.25, 0.3) is 0 Å². The molecular formula is C22H21N3O3. The van der Waals surface area contributed by atoms with Crippen molar-refractivity contribution in [3.8, 4) is 5.75 Å². The van der Waals surface area contributed by atoms with E-state index >= 15 is 0 Å².